The van der Waals surface area contributed by atoms with E-state index in [1.807, 2.05) is 0 Å². The Labute approximate surface area is 68.6 Å². The highest BCUT2D eigenvalue weighted by atomic mass is 35.5. The van der Waals surface area contributed by atoms with Gasteiger partial charge in [0.15, 0.2) is 0 Å². The molecule has 1 heterocycles. The molecule has 1 aliphatic heterocycles. The molecule has 0 aromatic rings. The summed E-state index contributed by atoms with van der Waals surface area (Å²) >= 11 is 5.63. The van der Waals surface area contributed by atoms with Crippen LogP contribution in [-0.4, -0.2) is 17.6 Å². The number of carbonyl (C=O) groups is 1. The number of nitrogens with zero attached hydrogens (tertiary/aromatic N) is 2. The molecule has 1 atom stereocenters. The van der Waals surface area contributed by atoms with E-state index in [9.17, 15) is 4.79 Å². The van der Waals surface area contributed by atoms with E-state index in [4.69, 9.17) is 16.7 Å². The molecule has 5 heteroatoms. The van der Waals surface area contributed by atoms with Crippen LogP contribution >= 0.6 is 11.6 Å². The van der Waals surface area contributed by atoms with Gasteiger partial charge < -0.3 is 5.11 Å². The van der Waals surface area contributed by atoms with Crippen molar-refractivity contribution in [2.45, 2.75) is 6.42 Å². The van der Waals surface area contributed by atoms with E-state index in [1.54, 1.807) is 0 Å². The average Bonchev–Trinajstić information content (AvgIpc) is 1.97. The molecular formula is C6H7ClN2O2. The first-order valence-corrected chi connectivity index (χ1v) is 3.54. The molecule has 11 heavy (non-hydrogen) atoms. The lowest BCUT2D eigenvalue weighted by molar-refractivity contribution is -0.121. The molecule has 0 aliphatic carbocycles. The quantitative estimate of drug-likeness (QED) is 0.681. The maximum atomic E-state index is 10.9. The summed E-state index contributed by atoms with van der Waals surface area (Å²) in [5.41, 5.74) is 0. The zero-order chi connectivity index (χ0) is 8.27. The Morgan fingerprint density at radius 3 is 3.00 bits per heavy atom. The number of aliphatic hydroxyl groups excluding tert-OH is 1. The second-order valence-corrected chi connectivity index (χ2v) is 2.57. The fourth-order valence-corrected chi connectivity index (χ4v) is 1.06. The van der Waals surface area contributed by atoms with Crippen molar-refractivity contribution < 1.29 is 9.90 Å². The first-order valence-electron chi connectivity index (χ1n) is 3.17. The lowest BCUT2D eigenvalue weighted by Crippen LogP contribution is -2.15. The predicted octanol–water partition coefficient (Wildman–Crippen LogP) is 1.06. The molecule has 0 radical (unpaired) electrons. The van der Waals surface area contributed by atoms with E-state index in [0.29, 0.717) is 11.5 Å². The number of hydrogen-bond donors (Lipinski definition) is 1. The van der Waals surface area contributed by atoms with Gasteiger partial charge in [0.25, 0.3) is 5.91 Å². The zero-order valence-electron chi connectivity index (χ0n) is 5.70. The number of rotatable bonds is 2. The standard InChI is InChI=1S/C6H7ClN2O2/c7-5-3-8-9-6(11)4(5)1-2-10/h3-4,10H,1-2H2. The largest absolute Gasteiger partial charge is 0.396 e. The summed E-state index contributed by atoms with van der Waals surface area (Å²) in [6.45, 7) is -0.0734. The molecule has 1 N–H and O–H groups in total. The van der Waals surface area contributed by atoms with Crippen molar-refractivity contribution in [2.75, 3.05) is 6.61 Å². The second-order valence-electron chi connectivity index (χ2n) is 2.13. The van der Waals surface area contributed by atoms with E-state index in [1.165, 1.54) is 6.20 Å². The molecule has 1 aliphatic rings. The Balaban J connectivity index is 2.70. The molecule has 0 bridgehead atoms. The van der Waals surface area contributed by atoms with Crippen molar-refractivity contribution in [3.8, 4) is 0 Å². The van der Waals surface area contributed by atoms with Crippen LogP contribution in [0.1, 0.15) is 6.42 Å². The highest BCUT2D eigenvalue weighted by Gasteiger charge is 2.23. The van der Waals surface area contributed by atoms with Crippen LogP contribution in [0.2, 0.25) is 0 Å². The van der Waals surface area contributed by atoms with E-state index < -0.39 is 5.92 Å². The Morgan fingerprint density at radius 2 is 2.45 bits per heavy atom. The molecule has 1 amide bonds. The Morgan fingerprint density at radius 1 is 1.73 bits per heavy atom. The predicted molar refractivity (Wildman–Crippen MR) is 39.0 cm³/mol. The number of aliphatic hydroxyl groups is 1. The highest BCUT2D eigenvalue weighted by Crippen LogP contribution is 2.23. The number of azo groups is 1. The SMILES string of the molecule is O=C1N=NC=C(Cl)C1CCO. The smallest absolute Gasteiger partial charge is 0.273 e. The summed E-state index contributed by atoms with van der Waals surface area (Å²) in [7, 11) is 0. The maximum absolute atomic E-state index is 10.9. The molecule has 0 aromatic carbocycles. The minimum atomic E-state index is -0.487. The molecule has 4 nitrogen and oxygen atoms in total. The molecular weight excluding hydrogens is 168 g/mol. The van der Waals surface area contributed by atoms with Crippen LogP contribution in [0.3, 0.4) is 0 Å². The van der Waals surface area contributed by atoms with Crippen LogP contribution in [0, 0.1) is 5.92 Å². The number of carbonyl (C=O) groups excluding carboxylic acids is 1. The molecule has 0 saturated heterocycles. The van der Waals surface area contributed by atoms with Gasteiger partial charge in [-0.25, -0.2) is 0 Å². The fourth-order valence-electron chi connectivity index (χ4n) is 0.809. The van der Waals surface area contributed by atoms with Crippen molar-refractivity contribution in [1.29, 1.82) is 0 Å². The normalized spacial score (nSPS) is 23.6. The molecule has 1 unspecified atom stereocenters. The lowest BCUT2D eigenvalue weighted by Gasteiger charge is -2.11. The van der Waals surface area contributed by atoms with Gasteiger partial charge in [0.2, 0.25) is 0 Å². The van der Waals surface area contributed by atoms with Gasteiger partial charge in [-0.15, -0.1) is 5.11 Å². The summed E-state index contributed by atoms with van der Waals surface area (Å²) in [4.78, 5) is 10.9. The average molecular weight is 175 g/mol. The van der Waals surface area contributed by atoms with Crippen molar-refractivity contribution in [3.63, 3.8) is 0 Å². The molecule has 0 saturated carbocycles. The molecule has 0 fully saturated rings. The first-order chi connectivity index (χ1) is 5.25. The van der Waals surface area contributed by atoms with Crippen LogP contribution < -0.4 is 0 Å². The van der Waals surface area contributed by atoms with Gasteiger partial charge in [-0.1, -0.05) is 11.6 Å². The van der Waals surface area contributed by atoms with Gasteiger partial charge in [-0.3, -0.25) is 4.79 Å². The maximum Gasteiger partial charge on any atom is 0.273 e. The fraction of sp³-hybridized carbons (Fsp3) is 0.500. The van der Waals surface area contributed by atoms with Crippen LogP contribution in [0.4, 0.5) is 0 Å². The monoisotopic (exact) mass is 174 g/mol. The Kier molecular flexibility index (Phi) is 2.73. The van der Waals surface area contributed by atoms with Crippen LogP contribution in [0.5, 0.6) is 0 Å². The third-order valence-electron chi connectivity index (χ3n) is 1.39. The van der Waals surface area contributed by atoms with Crippen LogP contribution in [-0.2, 0) is 4.79 Å². The van der Waals surface area contributed by atoms with Crippen LogP contribution in [0.15, 0.2) is 21.5 Å². The molecule has 60 valence electrons. The van der Waals surface area contributed by atoms with Crippen molar-refractivity contribution in [1.82, 2.24) is 0 Å². The topological polar surface area (TPSA) is 62.0 Å². The second kappa shape index (κ2) is 3.59. The van der Waals surface area contributed by atoms with Crippen molar-refractivity contribution >= 4 is 17.5 Å². The van der Waals surface area contributed by atoms with Crippen molar-refractivity contribution in [2.24, 2.45) is 16.1 Å². The molecule has 1 rings (SSSR count). The third-order valence-corrected chi connectivity index (χ3v) is 1.75. The summed E-state index contributed by atoms with van der Waals surface area (Å²) < 4.78 is 0. The number of halogens is 1. The van der Waals surface area contributed by atoms with Crippen LogP contribution in [0.25, 0.3) is 0 Å². The number of hydrogen-bond acceptors (Lipinski definition) is 3. The highest BCUT2D eigenvalue weighted by molar-refractivity contribution is 6.31. The van der Waals surface area contributed by atoms with E-state index in [0.717, 1.165) is 0 Å². The van der Waals surface area contributed by atoms with Gasteiger partial charge >= 0.3 is 0 Å². The van der Waals surface area contributed by atoms with Gasteiger partial charge in [0.1, 0.15) is 0 Å². The van der Waals surface area contributed by atoms with Gasteiger partial charge in [-0.05, 0) is 6.42 Å². The summed E-state index contributed by atoms with van der Waals surface area (Å²) in [6.07, 6.45) is 1.64. The summed E-state index contributed by atoms with van der Waals surface area (Å²) in [6, 6.07) is 0. The van der Waals surface area contributed by atoms with Gasteiger partial charge in [0, 0.05) is 6.61 Å². The third kappa shape index (κ3) is 1.85. The van der Waals surface area contributed by atoms with Gasteiger partial charge in [0.05, 0.1) is 17.2 Å². The first kappa shape index (κ1) is 8.36. The summed E-state index contributed by atoms with van der Waals surface area (Å²) in [5.74, 6) is -0.870. The number of amides is 1. The Hall–Kier alpha value is -0.740. The minimum absolute atomic E-state index is 0.0734. The molecule has 0 spiro atoms. The van der Waals surface area contributed by atoms with E-state index in [2.05, 4.69) is 10.2 Å². The molecule has 0 aromatic heterocycles. The minimum Gasteiger partial charge on any atom is -0.396 e. The van der Waals surface area contributed by atoms with Gasteiger partial charge in [-0.2, -0.15) is 5.11 Å². The summed E-state index contributed by atoms with van der Waals surface area (Å²) in [5, 5.41) is 15.6. The van der Waals surface area contributed by atoms with E-state index in [-0.39, 0.29) is 12.5 Å². The van der Waals surface area contributed by atoms with Crippen molar-refractivity contribution in [3.05, 3.63) is 11.2 Å². The van der Waals surface area contributed by atoms with E-state index >= 15 is 0 Å². The lowest BCUT2D eigenvalue weighted by atomic mass is 10.1. The zero-order valence-corrected chi connectivity index (χ0v) is 6.45. The Bertz CT molecular complexity index is 225.